The summed E-state index contributed by atoms with van der Waals surface area (Å²) in [6, 6.07) is -0.445. The smallest absolute Gasteiger partial charge is 0.329 e. The Balaban J connectivity index is 2.58. The van der Waals surface area contributed by atoms with Crippen LogP contribution < -0.4 is 5.73 Å². The topological polar surface area (TPSA) is 67.8 Å². The number of amides is 2. The fraction of sp³-hybridized carbons (Fsp3) is 0.400. The average molecular weight is 125 g/mol. The lowest BCUT2D eigenvalue weighted by molar-refractivity contribution is 0.257. The van der Waals surface area contributed by atoms with Crippen LogP contribution in [0.2, 0.25) is 0 Å². The van der Waals surface area contributed by atoms with Crippen molar-refractivity contribution in [3.8, 4) is 0 Å². The van der Waals surface area contributed by atoms with Gasteiger partial charge in [0.25, 0.3) is 0 Å². The van der Waals surface area contributed by atoms with Crippen molar-refractivity contribution in [3.63, 3.8) is 0 Å². The average Bonchev–Trinajstić information content (AvgIpc) is 1.90. The first-order valence-corrected chi connectivity index (χ1v) is 2.65. The number of nitrogens with zero attached hydrogens (tertiary/aromatic N) is 2. The van der Waals surface area contributed by atoms with Crippen LogP contribution in [0, 0.1) is 5.92 Å². The van der Waals surface area contributed by atoms with Crippen molar-refractivity contribution >= 4 is 18.5 Å². The standard InChI is InChI=1S/C5H7N3O/c6-1-4-2-7-5(9)8-3-4/h2-4H,1,6H2. The van der Waals surface area contributed by atoms with Crippen LogP contribution in [0.25, 0.3) is 0 Å². The molecule has 0 bridgehead atoms. The summed E-state index contributed by atoms with van der Waals surface area (Å²) >= 11 is 0. The molecule has 1 heterocycles. The highest BCUT2D eigenvalue weighted by atomic mass is 16.2. The molecule has 0 spiro atoms. The van der Waals surface area contributed by atoms with Crippen LogP contribution in [0.15, 0.2) is 9.98 Å². The van der Waals surface area contributed by atoms with Gasteiger partial charge in [0.05, 0.1) is 0 Å². The number of hydrogen-bond donors (Lipinski definition) is 1. The Hall–Kier alpha value is -1.03. The van der Waals surface area contributed by atoms with Crippen molar-refractivity contribution in [2.45, 2.75) is 0 Å². The van der Waals surface area contributed by atoms with Crippen molar-refractivity contribution in [1.82, 2.24) is 0 Å². The summed E-state index contributed by atoms with van der Waals surface area (Å²) in [5.74, 6) is 0.0442. The maximum absolute atomic E-state index is 10.3. The van der Waals surface area contributed by atoms with E-state index in [0.717, 1.165) is 0 Å². The number of carbonyl (C=O) groups is 1. The molecule has 48 valence electrons. The molecule has 0 aromatic rings. The highest BCUT2D eigenvalue weighted by Crippen LogP contribution is 1.93. The Bertz CT molecular complexity index is 157. The van der Waals surface area contributed by atoms with Crippen LogP contribution >= 0.6 is 0 Å². The Labute approximate surface area is 52.5 Å². The van der Waals surface area contributed by atoms with Crippen LogP contribution in [0.4, 0.5) is 4.79 Å². The Kier molecular flexibility index (Phi) is 1.69. The van der Waals surface area contributed by atoms with E-state index in [9.17, 15) is 4.79 Å². The van der Waals surface area contributed by atoms with Crippen LogP contribution in [-0.4, -0.2) is 25.0 Å². The zero-order valence-electron chi connectivity index (χ0n) is 4.82. The molecule has 0 unspecified atom stereocenters. The third kappa shape index (κ3) is 1.43. The Morgan fingerprint density at radius 3 is 2.56 bits per heavy atom. The van der Waals surface area contributed by atoms with E-state index in [1.165, 1.54) is 12.4 Å². The molecule has 9 heavy (non-hydrogen) atoms. The van der Waals surface area contributed by atoms with Gasteiger partial charge in [0.15, 0.2) is 0 Å². The summed E-state index contributed by atoms with van der Waals surface area (Å²) in [5, 5.41) is 0. The molecular formula is C5H7N3O. The first-order valence-electron chi connectivity index (χ1n) is 2.65. The van der Waals surface area contributed by atoms with Crippen LogP contribution in [0.5, 0.6) is 0 Å². The fourth-order valence-electron chi connectivity index (χ4n) is 0.513. The third-order valence-electron chi connectivity index (χ3n) is 1.03. The Morgan fingerprint density at radius 1 is 1.56 bits per heavy atom. The molecule has 2 N–H and O–H groups in total. The van der Waals surface area contributed by atoms with Gasteiger partial charge in [-0.2, -0.15) is 0 Å². The highest BCUT2D eigenvalue weighted by molar-refractivity contribution is 6.00. The van der Waals surface area contributed by atoms with Crippen molar-refractivity contribution in [1.29, 1.82) is 0 Å². The maximum atomic E-state index is 10.3. The second-order valence-electron chi connectivity index (χ2n) is 1.74. The number of hydrogen-bond acceptors (Lipinski definition) is 2. The molecule has 0 saturated carbocycles. The van der Waals surface area contributed by atoms with Gasteiger partial charge in [0, 0.05) is 24.9 Å². The van der Waals surface area contributed by atoms with Gasteiger partial charge in [-0.3, -0.25) is 0 Å². The monoisotopic (exact) mass is 125 g/mol. The SMILES string of the molecule is NCC1C=NC(=O)N=C1. The van der Waals surface area contributed by atoms with Gasteiger partial charge in [-0.05, 0) is 0 Å². The number of carbonyl (C=O) groups excluding carboxylic acids is 1. The summed E-state index contributed by atoms with van der Waals surface area (Å²) < 4.78 is 0. The van der Waals surface area contributed by atoms with E-state index in [4.69, 9.17) is 5.73 Å². The predicted octanol–water partition coefficient (Wildman–Crippen LogP) is -0.163. The lowest BCUT2D eigenvalue weighted by Crippen LogP contribution is -2.20. The van der Waals surface area contributed by atoms with Crippen molar-refractivity contribution in [3.05, 3.63) is 0 Å². The van der Waals surface area contributed by atoms with E-state index >= 15 is 0 Å². The molecule has 0 atom stereocenters. The molecule has 1 aliphatic rings. The summed E-state index contributed by atoms with van der Waals surface area (Å²) in [7, 11) is 0. The van der Waals surface area contributed by atoms with E-state index in [-0.39, 0.29) is 5.92 Å². The van der Waals surface area contributed by atoms with Crippen molar-refractivity contribution in [2.24, 2.45) is 21.6 Å². The van der Waals surface area contributed by atoms with E-state index in [1.807, 2.05) is 0 Å². The van der Waals surface area contributed by atoms with Gasteiger partial charge >= 0.3 is 6.03 Å². The van der Waals surface area contributed by atoms with Gasteiger partial charge in [-0.1, -0.05) is 0 Å². The minimum atomic E-state index is -0.445. The summed E-state index contributed by atoms with van der Waals surface area (Å²) in [4.78, 5) is 17.2. The second-order valence-corrected chi connectivity index (χ2v) is 1.74. The zero-order valence-corrected chi connectivity index (χ0v) is 4.82. The van der Waals surface area contributed by atoms with Gasteiger partial charge in [-0.15, -0.1) is 0 Å². The zero-order chi connectivity index (χ0) is 6.69. The van der Waals surface area contributed by atoms with Crippen LogP contribution in [0.3, 0.4) is 0 Å². The lowest BCUT2D eigenvalue weighted by Gasteiger charge is -2.02. The first kappa shape index (κ1) is 6.10. The molecule has 0 aromatic carbocycles. The van der Waals surface area contributed by atoms with E-state index < -0.39 is 6.03 Å². The third-order valence-corrected chi connectivity index (χ3v) is 1.03. The number of urea groups is 1. The minimum Gasteiger partial charge on any atom is -0.329 e. The minimum absolute atomic E-state index is 0.0442. The number of nitrogens with two attached hydrogens (primary N) is 1. The molecular weight excluding hydrogens is 118 g/mol. The quantitative estimate of drug-likeness (QED) is 0.529. The molecule has 4 heteroatoms. The highest BCUT2D eigenvalue weighted by Gasteiger charge is 2.05. The molecule has 2 amide bonds. The van der Waals surface area contributed by atoms with E-state index in [0.29, 0.717) is 6.54 Å². The molecule has 0 aliphatic carbocycles. The van der Waals surface area contributed by atoms with Crippen molar-refractivity contribution < 1.29 is 4.79 Å². The predicted molar refractivity (Wildman–Crippen MR) is 34.9 cm³/mol. The fourth-order valence-corrected chi connectivity index (χ4v) is 0.513. The van der Waals surface area contributed by atoms with Crippen LogP contribution in [-0.2, 0) is 0 Å². The molecule has 0 saturated heterocycles. The van der Waals surface area contributed by atoms with E-state index in [1.54, 1.807) is 0 Å². The second kappa shape index (κ2) is 2.50. The molecule has 4 nitrogen and oxygen atoms in total. The molecule has 1 aliphatic heterocycles. The van der Waals surface area contributed by atoms with Crippen LogP contribution in [0.1, 0.15) is 0 Å². The normalized spacial score (nSPS) is 19.0. The van der Waals surface area contributed by atoms with E-state index in [2.05, 4.69) is 9.98 Å². The molecule has 0 aromatic heterocycles. The van der Waals surface area contributed by atoms with Gasteiger partial charge < -0.3 is 5.73 Å². The van der Waals surface area contributed by atoms with Gasteiger partial charge in [0.2, 0.25) is 0 Å². The first-order chi connectivity index (χ1) is 4.33. The number of rotatable bonds is 1. The molecule has 0 radical (unpaired) electrons. The Morgan fingerprint density at radius 2 is 2.11 bits per heavy atom. The largest absolute Gasteiger partial charge is 0.366 e. The molecule has 1 rings (SSSR count). The lowest BCUT2D eigenvalue weighted by atomic mass is 10.2. The van der Waals surface area contributed by atoms with Crippen molar-refractivity contribution in [2.75, 3.05) is 6.54 Å². The van der Waals surface area contributed by atoms with Gasteiger partial charge in [0.1, 0.15) is 0 Å². The summed E-state index contributed by atoms with van der Waals surface area (Å²) in [5.41, 5.74) is 5.25. The summed E-state index contributed by atoms with van der Waals surface area (Å²) in [6.45, 7) is 0.459. The number of aliphatic imine (C=N–C) groups is 2. The van der Waals surface area contributed by atoms with Gasteiger partial charge in [-0.25, -0.2) is 14.8 Å². The summed E-state index contributed by atoms with van der Waals surface area (Å²) in [6.07, 6.45) is 3.02. The molecule has 0 fully saturated rings. The maximum Gasteiger partial charge on any atom is 0.366 e.